The molecular formula is C19H20IN3O2. The molecule has 2 aliphatic rings. The molecule has 0 radical (unpaired) electrons. The van der Waals surface area contributed by atoms with Crippen molar-refractivity contribution in [2.75, 3.05) is 26.2 Å². The molecule has 2 amide bonds. The predicted octanol–water partition coefficient (Wildman–Crippen LogP) is 2.78. The average Bonchev–Trinajstić information content (AvgIpc) is 3.37. The van der Waals surface area contributed by atoms with Gasteiger partial charge in [-0.2, -0.15) is 0 Å². The van der Waals surface area contributed by atoms with Gasteiger partial charge in [-0.3, -0.25) is 9.59 Å². The number of rotatable bonds is 3. The van der Waals surface area contributed by atoms with Crippen molar-refractivity contribution in [1.29, 1.82) is 0 Å². The Kier molecular flexibility index (Phi) is 4.54. The zero-order valence-corrected chi connectivity index (χ0v) is 16.1. The Balaban J connectivity index is 1.47. The second-order valence-electron chi connectivity index (χ2n) is 6.64. The van der Waals surface area contributed by atoms with Crippen LogP contribution in [0.5, 0.6) is 0 Å². The van der Waals surface area contributed by atoms with E-state index in [1.807, 2.05) is 50.9 Å². The summed E-state index contributed by atoms with van der Waals surface area (Å²) in [5, 5.41) is 0. The highest BCUT2D eigenvalue weighted by Gasteiger charge is 2.35. The molecule has 1 saturated heterocycles. The molecule has 1 aliphatic heterocycles. The number of amides is 2. The zero-order chi connectivity index (χ0) is 17.4. The lowest BCUT2D eigenvalue weighted by Crippen LogP contribution is -2.51. The molecule has 0 atom stereocenters. The third-order valence-electron chi connectivity index (χ3n) is 4.86. The second-order valence-corrected chi connectivity index (χ2v) is 7.88. The van der Waals surface area contributed by atoms with E-state index >= 15 is 0 Å². The first-order chi connectivity index (χ1) is 12.1. The van der Waals surface area contributed by atoms with Gasteiger partial charge < -0.3 is 14.4 Å². The number of hydrogen-bond donors (Lipinski definition) is 0. The molecule has 0 spiro atoms. The van der Waals surface area contributed by atoms with Gasteiger partial charge in [0.15, 0.2) is 0 Å². The Hall–Kier alpha value is -1.83. The molecule has 2 fully saturated rings. The summed E-state index contributed by atoms with van der Waals surface area (Å²) in [7, 11) is 0. The van der Waals surface area contributed by atoms with Gasteiger partial charge in [0.1, 0.15) is 5.69 Å². The molecule has 1 aliphatic carbocycles. The van der Waals surface area contributed by atoms with E-state index in [4.69, 9.17) is 0 Å². The van der Waals surface area contributed by atoms with Crippen LogP contribution in [-0.4, -0.2) is 52.4 Å². The number of piperazine rings is 1. The molecule has 5 nitrogen and oxygen atoms in total. The van der Waals surface area contributed by atoms with Crippen molar-refractivity contribution < 1.29 is 9.59 Å². The van der Waals surface area contributed by atoms with Crippen molar-refractivity contribution in [1.82, 2.24) is 14.4 Å². The van der Waals surface area contributed by atoms with Gasteiger partial charge in [-0.1, -0.05) is 6.07 Å². The van der Waals surface area contributed by atoms with Crippen molar-refractivity contribution in [2.24, 2.45) is 5.92 Å². The van der Waals surface area contributed by atoms with Crippen LogP contribution in [0.1, 0.15) is 23.3 Å². The van der Waals surface area contributed by atoms with Gasteiger partial charge in [0.25, 0.3) is 5.91 Å². The smallest absolute Gasteiger partial charge is 0.270 e. The van der Waals surface area contributed by atoms with E-state index < -0.39 is 0 Å². The number of carbonyl (C=O) groups excluding carboxylic acids is 2. The van der Waals surface area contributed by atoms with E-state index in [1.54, 1.807) is 0 Å². The van der Waals surface area contributed by atoms with Crippen LogP contribution in [0.15, 0.2) is 42.6 Å². The van der Waals surface area contributed by atoms with Crippen LogP contribution in [0.25, 0.3) is 5.69 Å². The van der Waals surface area contributed by atoms with Crippen LogP contribution >= 0.6 is 22.6 Å². The average molecular weight is 449 g/mol. The minimum Gasteiger partial charge on any atom is -0.339 e. The maximum atomic E-state index is 13.0. The van der Waals surface area contributed by atoms with E-state index in [0.717, 1.165) is 22.1 Å². The molecule has 25 heavy (non-hydrogen) atoms. The van der Waals surface area contributed by atoms with Crippen LogP contribution in [0.3, 0.4) is 0 Å². The molecule has 1 aromatic heterocycles. The van der Waals surface area contributed by atoms with Crippen LogP contribution in [0.2, 0.25) is 0 Å². The van der Waals surface area contributed by atoms with Gasteiger partial charge in [-0.25, -0.2) is 0 Å². The minimum absolute atomic E-state index is 0.0300. The van der Waals surface area contributed by atoms with Crippen molar-refractivity contribution in [2.45, 2.75) is 12.8 Å². The summed E-state index contributed by atoms with van der Waals surface area (Å²) in [5.41, 5.74) is 1.66. The summed E-state index contributed by atoms with van der Waals surface area (Å²) in [6.07, 6.45) is 3.98. The number of aromatic nitrogens is 1. The Labute approximate surface area is 160 Å². The fraction of sp³-hybridized carbons (Fsp3) is 0.368. The highest BCUT2D eigenvalue weighted by Crippen LogP contribution is 2.31. The topological polar surface area (TPSA) is 45.6 Å². The van der Waals surface area contributed by atoms with E-state index in [1.165, 1.54) is 0 Å². The Morgan fingerprint density at radius 1 is 0.960 bits per heavy atom. The van der Waals surface area contributed by atoms with Gasteiger partial charge in [0.05, 0.1) is 0 Å². The lowest BCUT2D eigenvalue weighted by atomic mass is 10.2. The standard InChI is InChI=1S/C19H20IN3O2/c20-15-3-1-4-16(13-15)23-8-2-5-17(23)19(25)22-11-9-21(10-12-22)18(24)14-6-7-14/h1-5,8,13-14H,6-7,9-12H2. The number of benzene rings is 1. The van der Waals surface area contributed by atoms with Crippen molar-refractivity contribution in [3.05, 3.63) is 51.9 Å². The minimum atomic E-state index is 0.0300. The van der Waals surface area contributed by atoms with Crippen LogP contribution in [0, 0.1) is 9.49 Å². The Bertz CT molecular complexity index is 805. The Morgan fingerprint density at radius 3 is 2.36 bits per heavy atom. The van der Waals surface area contributed by atoms with Gasteiger partial charge in [-0.15, -0.1) is 0 Å². The summed E-state index contributed by atoms with van der Waals surface area (Å²) in [4.78, 5) is 28.9. The predicted molar refractivity (Wildman–Crippen MR) is 104 cm³/mol. The highest BCUT2D eigenvalue weighted by atomic mass is 127. The quantitative estimate of drug-likeness (QED) is 0.677. The molecule has 1 saturated carbocycles. The summed E-state index contributed by atoms with van der Waals surface area (Å²) in [5.74, 6) is 0.553. The maximum Gasteiger partial charge on any atom is 0.270 e. The summed E-state index contributed by atoms with van der Waals surface area (Å²) in [6, 6.07) is 11.9. The van der Waals surface area contributed by atoms with Gasteiger partial charge >= 0.3 is 0 Å². The lowest BCUT2D eigenvalue weighted by molar-refractivity contribution is -0.134. The second kappa shape index (κ2) is 6.82. The molecule has 0 N–H and O–H groups in total. The van der Waals surface area contributed by atoms with E-state index in [0.29, 0.717) is 31.9 Å². The first-order valence-electron chi connectivity index (χ1n) is 8.65. The van der Waals surface area contributed by atoms with Crippen LogP contribution in [0.4, 0.5) is 0 Å². The highest BCUT2D eigenvalue weighted by molar-refractivity contribution is 14.1. The monoisotopic (exact) mass is 449 g/mol. The fourth-order valence-electron chi connectivity index (χ4n) is 3.29. The van der Waals surface area contributed by atoms with E-state index in [2.05, 4.69) is 28.7 Å². The number of carbonyl (C=O) groups is 2. The third kappa shape index (κ3) is 3.44. The molecule has 0 bridgehead atoms. The lowest BCUT2D eigenvalue weighted by Gasteiger charge is -2.35. The molecule has 2 aromatic rings. The maximum absolute atomic E-state index is 13.0. The molecule has 6 heteroatoms. The molecule has 1 aromatic carbocycles. The Morgan fingerprint density at radius 2 is 1.68 bits per heavy atom. The van der Waals surface area contributed by atoms with Gasteiger partial charge in [0, 0.05) is 47.6 Å². The largest absolute Gasteiger partial charge is 0.339 e. The first kappa shape index (κ1) is 16.6. The van der Waals surface area contributed by atoms with E-state index in [9.17, 15) is 9.59 Å². The van der Waals surface area contributed by atoms with Crippen molar-refractivity contribution in [3.63, 3.8) is 0 Å². The zero-order valence-electron chi connectivity index (χ0n) is 13.9. The number of nitrogens with zero attached hydrogens (tertiary/aromatic N) is 3. The van der Waals surface area contributed by atoms with Crippen molar-refractivity contribution in [3.8, 4) is 5.69 Å². The number of hydrogen-bond acceptors (Lipinski definition) is 2. The van der Waals surface area contributed by atoms with Gasteiger partial charge in [0.2, 0.25) is 5.91 Å². The first-order valence-corrected chi connectivity index (χ1v) is 9.73. The van der Waals surface area contributed by atoms with Crippen LogP contribution in [-0.2, 0) is 4.79 Å². The molecule has 2 heterocycles. The number of halogens is 1. The van der Waals surface area contributed by atoms with Crippen molar-refractivity contribution >= 4 is 34.4 Å². The van der Waals surface area contributed by atoms with Gasteiger partial charge in [-0.05, 0) is 65.8 Å². The molecular weight excluding hydrogens is 429 g/mol. The summed E-state index contributed by atoms with van der Waals surface area (Å²) in [6.45, 7) is 2.50. The summed E-state index contributed by atoms with van der Waals surface area (Å²) >= 11 is 2.28. The molecule has 130 valence electrons. The third-order valence-corrected chi connectivity index (χ3v) is 5.53. The normalized spacial score (nSPS) is 17.6. The molecule has 0 unspecified atom stereocenters. The fourth-order valence-corrected chi connectivity index (χ4v) is 3.81. The summed E-state index contributed by atoms with van der Waals surface area (Å²) < 4.78 is 3.07. The van der Waals surface area contributed by atoms with Crippen LogP contribution < -0.4 is 0 Å². The SMILES string of the molecule is O=C(c1cccn1-c1cccc(I)c1)N1CCN(C(=O)C2CC2)CC1. The van der Waals surface area contributed by atoms with E-state index in [-0.39, 0.29) is 17.7 Å². The molecule has 4 rings (SSSR count).